The first-order chi connectivity index (χ1) is 17.1. The highest BCUT2D eigenvalue weighted by atomic mass is 79.9. The van der Waals surface area contributed by atoms with Crippen LogP contribution in [0.2, 0.25) is 0 Å². The van der Waals surface area contributed by atoms with Gasteiger partial charge in [0.1, 0.15) is 16.5 Å². The molecule has 3 rings (SSSR count). The summed E-state index contributed by atoms with van der Waals surface area (Å²) >= 11 is 3.24. The number of halogens is 1. The van der Waals surface area contributed by atoms with Gasteiger partial charge in [-0.25, -0.2) is 0 Å². The van der Waals surface area contributed by atoms with Gasteiger partial charge in [0, 0.05) is 17.8 Å². The van der Waals surface area contributed by atoms with Crippen molar-refractivity contribution < 1.29 is 27.1 Å². The Kier molecular flexibility index (Phi) is 8.42. The number of hydrogen-bond acceptors (Lipinski definition) is 8. The van der Waals surface area contributed by atoms with Crippen molar-refractivity contribution in [1.29, 1.82) is 5.26 Å². The first-order valence-corrected chi connectivity index (χ1v) is 12.5. The quantitative estimate of drug-likeness (QED) is 0.123. The average Bonchev–Trinajstić information content (AvgIpc) is 2.85. The van der Waals surface area contributed by atoms with Crippen molar-refractivity contribution in [3.63, 3.8) is 0 Å². The molecule has 0 aliphatic rings. The van der Waals surface area contributed by atoms with Gasteiger partial charge in [0.2, 0.25) is 0 Å². The second kappa shape index (κ2) is 11.5. The summed E-state index contributed by atoms with van der Waals surface area (Å²) in [4.78, 5) is 22.4. The number of non-ortho nitro benzene ring substituents is 1. The van der Waals surface area contributed by atoms with Gasteiger partial charge in [-0.05, 0) is 64.8 Å². The Morgan fingerprint density at radius 2 is 1.89 bits per heavy atom. The number of anilines is 1. The lowest BCUT2D eigenvalue weighted by atomic mass is 10.1. The van der Waals surface area contributed by atoms with Crippen LogP contribution in [0.15, 0.2) is 81.7 Å². The fourth-order valence-corrected chi connectivity index (χ4v) is 4.61. The molecule has 0 spiro atoms. The van der Waals surface area contributed by atoms with Gasteiger partial charge in [0.25, 0.3) is 11.6 Å². The molecule has 12 heteroatoms. The predicted octanol–water partition coefficient (Wildman–Crippen LogP) is 5.07. The molecule has 184 valence electrons. The van der Waals surface area contributed by atoms with Crippen LogP contribution in [0.4, 0.5) is 11.4 Å². The molecule has 3 aromatic carbocycles. The number of nitrogens with zero attached hydrogens (tertiary/aromatic N) is 2. The van der Waals surface area contributed by atoms with Gasteiger partial charge in [0.05, 0.1) is 16.0 Å². The van der Waals surface area contributed by atoms with E-state index >= 15 is 0 Å². The summed E-state index contributed by atoms with van der Waals surface area (Å²) in [5.74, 6) is -0.827. The van der Waals surface area contributed by atoms with E-state index in [9.17, 15) is 28.6 Å². The molecule has 0 aliphatic heterocycles. The molecule has 0 fully saturated rings. The van der Waals surface area contributed by atoms with Crippen molar-refractivity contribution in [3.05, 3.63) is 92.5 Å². The standard InChI is InChI=1S/C24H18BrN3O7S/c1-2-34-22-13-16(11-17(15-26)24(29)27-18-7-4-3-5-8-18)12-21(25)23(22)35-36(32,33)20-10-6-9-19(14-20)28(30)31/h3-14H,2H2,1H3,(H,27,29)/b17-11+. The van der Waals surface area contributed by atoms with Gasteiger partial charge in [0.15, 0.2) is 11.5 Å². The Morgan fingerprint density at radius 1 is 1.17 bits per heavy atom. The largest absolute Gasteiger partial charge is 0.490 e. The molecule has 0 radical (unpaired) electrons. The van der Waals surface area contributed by atoms with Crippen molar-refractivity contribution >= 4 is 49.4 Å². The molecule has 0 saturated carbocycles. The van der Waals surface area contributed by atoms with Crippen LogP contribution in [-0.4, -0.2) is 25.9 Å². The van der Waals surface area contributed by atoms with Crippen LogP contribution in [0.3, 0.4) is 0 Å². The van der Waals surface area contributed by atoms with Gasteiger partial charge < -0.3 is 14.2 Å². The Labute approximate surface area is 215 Å². The molecule has 1 amide bonds. The van der Waals surface area contributed by atoms with Gasteiger partial charge in [-0.15, -0.1) is 0 Å². The highest BCUT2D eigenvalue weighted by Gasteiger charge is 2.24. The smallest absolute Gasteiger partial charge is 0.339 e. The van der Waals surface area contributed by atoms with E-state index in [-0.39, 0.29) is 28.2 Å². The van der Waals surface area contributed by atoms with Gasteiger partial charge in [-0.3, -0.25) is 14.9 Å². The van der Waals surface area contributed by atoms with Crippen molar-refractivity contribution in [2.45, 2.75) is 11.8 Å². The van der Waals surface area contributed by atoms with Crippen molar-refractivity contribution in [1.82, 2.24) is 0 Å². The number of nitriles is 1. The third kappa shape index (κ3) is 6.47. The summed E-state index contributed by atoms with van der Waals surface area (Å²) in [6.45, 7) is 1.82. The highest BCUT2D eigenvalue weighted by Crippen LogP contribution is 2.39. The fourth-order valence-electron chi connectivity index (χ4n) is 2.96. The van der Waals surface area contributed by atoms with E-state index < -0.39 is 31.5 Å². The Morgan fingerprint density at radius 3 is 2.53 bits per heavy atom. The molecule has 0 bridgehead atoms. The minimum Gasteiger partial charge on any atom is -0.490 e. The lowest BCUT2D eigenvalue weighted by molar-refractivity contribution is -0.385. The van der Waals surface area contributed by atoms with Crippen LogP contribution in [0.25, 0.3) is 6.08 Å². The molecule has 0 aliphatic carbocycles. The fraction of sp³-hybridized carbons (Fsp3) is 0.0833. The zero-order chi connectivity index (χ0) is 26.3. The maximum absolute atomic E-state index is 12.8. The van der Waals surface area contributed by atoms with Crippen molar-refractivity contribution in [2.24, 2.45) is 0 Å². The van der Waals surface area contributed by atoms with E-state index in [1.54, 1.807) is 37.3 Å². The summed E-state index contributed by atoms with van der Waals surface area (Å²) in [5, 5.41) is 23.1. The molecule has 10 nitrogen and oxygen atoms in total. The van der Waals surface area contributed by atoms with Crippen LogP contribution < -0.4 is 14.2 Å². The topological polar surface area (TPSA) is 149 Å². The molecule has 1 N–H and O–H groups in total. The molecule has 0 unspecified atom stereocenters. The number of hydrogen-bond donors (Lipinski definition) is 1. The zero-order valence-electron chi connectivity index (χ0n) is 18.7. The van der Waals surface area contributed by atoms with Crippen molar-refractivity contribution in [3.8, 4) is 17.6 Å². The number of carbonyl (C=O) groups is 1. The van der Waals surface area contributed by atoms with Crippen LogP contribution >= 0.6 is 15.9 Å². The maximum atomic E-state index is 12.8. The van der Waals surface area contributed by atoms with E-state index in [0.717, 1.165) is 18.2 Å². The SMILES string of the molecule is CCOc1cc(/C=C(\C#N)C(=O)Nc2ccccc2)cc(Br)c1OS(=O)(=O)c1cccc([N+](=O)[O-])c1. The number of nitrogens with one attached hydrogen (secondary N) is 1. The molecule has 0 atom stereocenters. The van der Waals surface area contributed by atoms with E-state index in [0.29, 0.717) is 11.3 Å². The Hall–Kier alpha value is -4.21. The van der Waals surface area contributed by atoms with Crippen LogP contribution in [0.5, 0.6) is 11.5 Å². The summed E-state index contributed by atoms with van der Waals surface area (Å²) in [5.41, 5.74) is 0.244. The summed E-state index contributed by atoms with van der Waals surface area (Å²) < 4.78 is 36.6. The van der Waals surface area contributed by atoms with Crippen LogP contribution in [0, 0.1) is 21.4 Å². The van der Waals surface area contributed by atoms with Crippen LogP contribution in [0.1, 0.15) is 12.5 Å². The molecular weight excluding hydrogens is 554 g/mol. The highest BCUT2D eigenvalue weighted by molar-refractivity contribution is 9.10. The average molecular weight is 572 g/mol. The van der Waals surface area contributed by atoms with Gasteiger partial charge in [-0.1, -0.05) is 24.3 Å². The molecule has 36 heavy (non-hydrogen) atoms. The first kappa shape index (κ1) is 26.4. The second-order valence-electron chi connectivity index (χ2n) is 7.04. The minimum atomic E-state index is -4.47. The molecule has 0 heterocycles. The number of amides is 1. The number of benzene rings is 3. The summed E-state index contributed by atoms with van der Waals surface area (Å²) in [6.07, 6.45) is 1.31. The number of ether oxygens (including phenoxy) is 1. The molecule has 0 aromatic heterocycles. The Bertz CT molecular complexity index is 1480. The van der Waals surface area contributed by atoms with Gasteiger partial charge in [-0.2, -0.15) is 13.7 Å². The summed E-state index contributed by atoms with van der Waals surface area (Å²) in [6, 6.07) is 17.7. The number of nitro groups is 1. The Balaban J connectivity index is 1.96. The van der Waals surface area contributed by atoms with E-state index in [1.807, 2.05) is 6.07 Å². The first-order valence-electron chi connectivity index (χ1n) is 10.3. The van der Waals surface area contributed by atoms with E-state index in [4.69, 9.17) is 8.92 Å². The van der Waals surface area contributed by atoms with E-state index in [1.165, 1.54) is 24.3 Å². The number of carbonyl (C=O) groups excluding carboxylic acids is 1. The number of para-hydroxylation sites is 1. The molecular formula is C24H18BrN3O7S. The third-order valence-corrected chi connectivity index (χ3v) is 6.36. The molecule has 0 saturated heterocycles. The number of nitro benzene ring substituents is 1. The normalized spacial score (nSPS) is 11.3. The summed E-state index contributed by atoms with van der Waals surface area (Å²) in [7, 11) is -4.47. The van der Waals surface area contributed by atoms with Gasteiger partial charge >= 0.3 is 10.1 Å². The monoisotopic (exact) mass is 571 g/mol. The number of rotatable bonds is 9. The third-order valence-electron chi connectivity index (χ3n) is 4.55. The second-order valence-corrected chi connectivity index (χ2v) is 9.45. The minimum absolute atomic E-state index is 0.00730. The predicted molar refractivity (Wildman–Crippen MR) is 135 cm³/mol. The van der Waals surface area contributed by atoms with Crippen LogP contribution in [-0.2, 0) is 14.9 Å². The molecule has 3 aromatic rings. The lowest BCUT2D eigenvalue weighted by Gasteiger charge is -2.14. The maximum Gasteiger partial charge on any atom is 0.339 e. The zero-order valence-corrected chi connectivity index (χ0v) is 21.1. The van der Waals surface area contributed by atoms with Crippen molar-refractivity contribution in [2.75, 3.05) is 11.9 Å². The lowest BCUT2D eigenvalue weighted by Crippen LogP contribution is -2.13. The van der Waals surface area contributed by atoms with E-state index in [2.05, 4.69) is 21.2 Å².